The Labute approximate surface area is 132 Å². The Morgan fingerprint density at radius 2 is 1.76 bits per heavy atom. The first-order chi connectivity index (χ1) is 10.1. The summed E-state index contributed by atoms with van der Waals surface area (Å²) in [5, 5.41) is 8.39. The Kier molecular flexibility index (Phi) is 8.65. The number of nitrogens with one attached hydrogen (secondary N) is 3. The monoisotopic (exact) mass is 357 g/mol. The zero-order valence-corrected chi connectivity index (χ0v) is 13.5. The molecule has 6 nitrogen and oxygen atoms in total. The quantitative estimate of drug-likeness (QED) is 0.563. The molecule has 0 aliphatic heterocycles. The van der Waals surface area contributed by atoms with E-state index in [1.807, 2.05) is 12.1 Å². The molecule has 21 heavy (non-hydrogen) atoms. The molecule has 7 heteroatoms. The third kappa shape index (κ3) is 7.79. The molecule has 0 atom stereocenters. The van der Waals surface area contributed by atoms with Crippen molar-refractivity contribution in [1.29, 1.82) is 0 Å². The van der Waals surface area contributed by atoms with Crippen LogP contribution in [0.2, 0.25) is 0 Å². The Morgan fingerprint density at radius 3 is 2.43 bits per heavy atom. The summed E-state index contributed by atoms with van der Waals surface area (Å²) in [4.78, 5) is 23.2. The molecule has 0 fully saturated rings. The molecule has 0 aliphatic carbocycles. The van der Waals surface area contributed by atoms with Gasteiger partial charge < -0.3 is 20.7 Å². The maximum Gasteiger partial charge on any atom is 0.251 e. The van der Waals surface area contributed by atoms with Crippen molar-refractivity contribution in [3.05, 3.63) is 34.3 Å². The van der Waals surface area contributed by atoms with Crippen LogP contribution in [-0.2, 0) is 9.53 Å². The van der Waals surface area contributed by atoms with Gasteiger partial charge in [0.15, 0.2) is 0 Å². The van der Waals surface area contributed by atoms with Gasteiger partial charge >= 0.3 is 0 Å². The smallest absolute Gasteiger partial charge is 0.251 e. The topological polar surface area (TPSA) is 79.5 Å². The van der Waals surface area contributed by atoms with E-state index in [0.717, 1.165) is 4.47 Å². The maximum atomic E-state index is 11.8. The molecule has 0 aliphatic rings. The van der Waals surface area contributed by atoms with Crippen LogP contribution in [0.5, 0.6) is 0 Å². The molecule has 0 bridgehead atoms. The molecule has 3 N–H and O–H groups in total. The summed E-state index contributed by atoms with van der Waals surface area (Å²) in [6.45, 7) is 2.22. The van der Waals surface area contributed by atoms with Gasteiger partial charge in [-0.3, -0.25) is 9.59 Å². The molecule has 0 radical (unpaired) electrons. The molecule has 2 amide bonds. The second-order valence-electron chi connectivity index (χ2n) is 4.28. The lowest BCUT2D eigenvalue weighted by atomic mass is 10.2. The molecule has 0 saturated carbocycles. The van der Waals surface area contributed by atoms with Crippen LogP contribution in [0.1, 0.15) is 10.4 Å². The highest BCUT2D eigenvalue weighted by Crippen LogP contribution is 2.10. The maximum absolute atomic E-state index is 11.8. The fraction of sp³-hybridized carbons (Fsp3) is 0.429. The number of hydrogen-bond donors (Lipinski definition) is 3. The standard InChI is InChI=1S/C14H20BrN3O3/c1-21-9-8-16-10-13(19)17-6-7-18-14(20)11-2-4-12(15)5-3-11/h2-5,16H,6-10H2,1H3,(H,17,19)(H,18,20). The number of methoxy groups -OCH3 is 1. The van der Waals surface area contributed by atoms with Crippen molar-refractivity contribution in [2.24, 2.45) is 0 Å². The molecule has 1 aromatic rings. The van der Waals surface area contributed by atoms with Crippen LogP contribution in [0.25, 0.3) is 0 Å². The number of benzene rings is 1. The van der Waals surface area contributed by atoms with Crippen molar-refractivity contribution in [1.82, 2.24) is 16.0 Å². The molecule has 0 heterocycles. The van der Waals surface area contributed by atoms with Gasteiger partial charge in [0, 0.05) is 36.8 Å². The van der Waals surface area contributed by atoms with E-state index < -0.39 is 0 Å². The van der Waals surface area contributed by atoms with Crippen LogP contribution in [0, 0.1) is 0 Å². The van der Waals surface area contributed by atoms with Gasteiger partial charge in [0.2, 0.25) is 5.91 Å². The summed E-state index contributed by atoms with van der Waals surface area (Å²) in [5.74, 6) is -0.265. The Hall–Kier alpha value is -1.44. The van der Waals surface area contributed by atoms with E-state index in [0.29, 0.717) is 31.8 Å². The fourth-order valence-corrected chi connectivity index (χ4v) is 1.78. The fourth-order valence-electron chi connectivity index (χ4n) is 1.52. The first kappa shape index (κ1) is 17.6. The minimum Gasteiger partial charge on any atom is -0.383 e. The van der Waals surface area contributed by atoms with Crippen molar-refractivity contribution < 1.29 is 14.3 Å². The summed E-state index contributed by atoms with van der Waals surface area (Å²) in [6, 6.07) is 7.08. The van der Waals surface area contributed by atoms with Crippen molar-refractivity contribution in [3.8, 4) is 0 Å². The van der Waals surface area contributed by atoms with Gasteiger partial charge in [-0.1, -0.05) is 15.9 Å². The highest BCUT2D eigenvalue weighted by atomic mass is 79.9. The van der Waals surface area contributed by atoms with Crippen LogP contribution in [0.15, 0.2) is 28.7 Å². The lowest BCUT2D eigenvalue weighted by Crippen LogP contribution is -2.39. The van der Waals surface area contributed by atoms with Gasteiger partial charge in [-0.2, -0.15) is 0 Å². The summed E-state index contributed by atoms with van der Waals surface area (Å²) >= 11 is 3.31. The molecular formula is C14H20BrN3O3. The van der Waals surface area contributed by atoms with E-state index in [4.69, 9.17) is 4.74 Å². The summed E-state index contributed by atoms with van der Waals surface area (Å²) in [6.07, 6.45) is 0. The second kappa shape index (κ2) is 10.3. The Bertz CT molecular complexity index is 451. The van der Waals surface area contributed by atoms with Crippen LogP contribution >= 0.6 is 15.9 Å². The summed E-state index contributed by atoms with van der Waals surface area (Å²) in [7, 11) is 1.61. The Morgan fingerprint density at radius 1 is 1.10 bits per heavy atom. The zero-order chi connectivity index (χ0) is 15.5. The van der Waals surface area contributed by atoms with Crippen LogP contribution < -0.4 is 16.0 Å². The summed E-state index contributed by atoms with van der Waals surface area (Å²) in [5.41, 5.74) is 0.589. The third-order valence-electron chi connectivity index (χ3n) is 2.61. The summed E-state index contributed by atoms with van der Waals surface area (Å²) < 4.78 is 5.78. The number of carbonyl (C=O) groups is 2. The van der Waals surface area contributed by atoms with E-state index in [-0.39, 0.29) is 18.4 Å². The molecular weight excluding hydrogens is 338 g/mol. The van der Waals surface area contributed by atoms with Crippen LogP contribution in [-0.4, -0.2) is 51.7 Å². The number of carbonyl (C=O) groups excluding carboxylic acids is 2. The average Bonchev–Trinajstić information content (AvgIpc) is 2.48. The molecule has 0 spiro atoms. The molecule has 0 saturated heterocycles. The molecule has 1 rings (SSSR count). The van der Waals surface area contributed by atoms with Crippen LogP contribution in [0.3, 0.4) is 0 Å². The second-order valence-corrected chi connectivity index (χ2v) is 5.20. The lowest BCUT2D eigenvalue weighted by Gasteiger charge is -2.08. The predicted molar refractivity (Wildman–Crippen MR) is 84.2 cm³/mol. The predicted octanol–water partition coefficient (Wildman–Crippen LogP) is 0.531. The normalized spacial score (nSPS) is 10.2. The van der Waals surface area contributed by atoms with E-state index in [2.05, 4.69) is 31.9 Å². The van der Waals surface area contributed by atoms with Crippen molar-refractivity contribution in [2.45, 2.75) is 0 Å². The van der Waals surface area contributed by atoms with Gasteiger partial charge in [-0.05, 0) is 24.3 Å². The van der Waals surface area contributed by atoms with Gasteiger partial charge in [0.05, 0.1) is 13.2 Å². The highest BCUT2D eigenvalue weighted by Gasteiger charge is 2.04. The van der Waals surface area contributed by atoms with Gasteiger partial charge in [0.25, 0.3) is 5.91 Å². The number of ether oxygens (including phenoxy) is 1. The Balaban J connectivity index is 2.12. The first-order valence-corrected chi connectivity index (χ1v) is 7.43. The first-order valence-electron chi connectivity index (χ1n) is 6.63. The van der Waals surface area contributed by atoms with Gasteiger partial charge in [-0.25, -0.2) is 0 Å². The van der Waals surface area contributed by atoms with Crippen molar-refractivity contribution in [2.75, 3.05) is 39.9 Å². The highest BCUT2D eigenvalue weighted by molar-refractivity contribution is 9.10. The number of amides is 2. The number of rotatable bonds is 9. The van der Waals surface area contributed by atoms with Crippen molar-refractivity contribution >= 4 is 27.7 Å². The average molecular weight is 358 g/mol. The molecule has 1 aromatic carbocycles. The molecule has 0 aromatic heterocycles. The largest absolute Gasteiger partial charge is 0.383 e. The lowest BCUT2D eigenvalue weighted by molar-refractivity contribution is -0.120. The van der Waals surface area contributed by atoms with E-state index >= 15 is 0 Å². The minimum absolute atomic E-state index is 0.107. The van der Waals surface area contributed by atoms with E-state index in [1.54, 1.807) is 19.2 Å². The van der Waals surface area contributed by atoms with Gasteiger partial charge in [0.1, 0.15) is 0 Å². The molecule has 0 unspecified atom stereocenters. The zero-order valence-electron chi connectivity index (χ0n) is 11.9. The van der Waals surface area contributed by atoms with Gasteiger partial charge in [-0.15, -0.1) is 0 Å². The number of hydrogen-bond acceptors (Lipinski definition) is 4. The minimum atomic E-state index is -0.157. The van der Waals surface area contributed by atoms with Crippen molar-refractivity contribution in [3.63, 3.8) is 0 Å². The van der Waals surface area contributed by atoms with E-state index in [1.165, 1.54) is 0 Å². The number of halogens is 1. The van der Waals surface area contributed by atoms with Crippen LogP contribution in [0.4, 0.5) is 0 Å². The SMILES string of the molecule is COCCNCC(=O)NCCNC(=O)c1ccc(Br)cc1. The third-order valence-corrected chi connectivity index (χ3v) is 3.14. The van der Waals surface area contributed by atoms with E-state index in [9.17, 15) is 9.59 Å². The molecule has 116 valence electrons.